The molecule has 0 aromatic heterocycles. The van der Waals surface area contributed by atoms with E-state index in [4.69, 9.17) is 4.74 Å². The number of nitrogens with zero attached hydrogens (tertiary/aromatic N) is 1. The largest absolute Gasteiger partial charge is 0.497 e. The third-order valence-corrected chi connectivity index (χ3v) is 3.55. The fourth-order valence-corrected chi connectivity index (χ4v) is 2.10. The smallest absolute Gasteiger partial charge is 0.119 e. The van der Waals surface area contributed by atoms with Gasteiger partial charge in [-0.25, -0.2) is 0 Å². The van der Waals surface area contributed by atoms with Crippen molar-refractivity contribution < 1.29 is 4.74 Å². The normalized spacial score (nSPS) is 10.9. The maximum atomic E-state index is 5.23. The number of unbranched alkanes of at least 4 members (excludes halogenated alkanes) is 1. The van der Waals surface area contributed by atoms with Gasteiger partial charge in [-0.05, 0) is 63.8 Å². The first-order valence-electron chi connectivity index (χ1n) is 6.31. The molecule has 0 unspecified atom stereocenters. The monoisotopic (exact) mass is 314 g/mol. The fraction of sp³-hybridized carbons (Fsp3) is 0.571. The van der Waals surface area contributed by atoms with Crippen LogP contribution in [0.15, 0.2) is 22.7 Å². The lowest BCUT2D eigenvalue weighted by Gasteiger charge is -2.10. The molecular weight excluding hydrogens is 292 g/mol. The molecule has 0 aliphatic carbocycles. The molecule has 0 saturated heterocycles. The summed E-state index contributed by atoms with van der Waals surface area (Å²) in [5.74, 6) is 0.905. The van der Waals surface area contributed by atoms with Crippen molar-refractivity contribution in [1.29, 1.82) is 0 Å². The maximum Gasteiger partial charge on any atom is 0.119 e. The Morgan fingerprint density at radius 1 is 1.28 bits per heavy atom. The molecule has 1 aromatic carbocycles. The van der Waals surface area contributed by atoms with Gasteiger partial charge in [0, 0.05) is 11.0 Å². The summed E-state index contributed by atoms with van der Waals surface area (Å²) in [6, 6.07) is 6.06. The quantitative estimate of drug-likeness (QED) is 0.747. The van der Waals surface area contributed by atoms with Gasteiger partial charge in [-0.3, -0.25) is 0 Å². The van der Waals surface area contributed by atoms with Gasteiger partial charge in [0.25, 0.3) is 0 Å². The number of methoxy groups -OCH3 is 1. The molecule has 0 spiro atoms. The number of ether oxygens (including phenoxy) is 1. The van der Waals surface area contributed by atoms with Gasteiger partial charge in [-0.2, -0.15) is 0 Å². The molecule has 0 bridgehead atoms. The Hall–Kier alpha value is -0.580. The highest BCUT2D eigenvalue weighted by Gasteiger charge is 2.01. The van der Waals surface area contributed by atoms with Gasteiger partial charge in [-0.1, -0.05) is 15.9 Å². The van der Waals surface area contributed by atoms with Crippen molar-refractivity contribution in [3.8, 4) is 5.75 Å². The molecule has 3 nitrogen and oxygen atoms in total. The van der Waals surface area contributed by atoms with E-state index in [0.717, 1.165) is 29.9 Å². The topological polar surface area (TPSA) is 24.5 Å². The SMILES string of the molecule is COc1ccc(Br)c(CNCCCCN(C)C)c1. The van der Waals surface area contributed by atoms with Gasteiger partial charge < -0.3 is 15.0 Å². The van der Waals surface area contributed by atoms with Crippen LogP contribution in [-0.2, 0) is 6.54 Å². The molecule has 0 aliphatic rings. The van der Waals surface area contributed by atoms with Crippen molar-refractivity contribution in [2.24, 2.45) is 0 Å². The number of halogens is 1. The molecule has 0 amide bonds. The molecule has 1 rings (SSSR count). The third kappa shape index (κ3) is 5.85. The van der Waals surface area contributed by atoms with Gasteiger partial charge in [-0.15, -0.1) is 0 Å². The Bertz CT molecular complexity index is 356. The Kier molecular flexibility index (Phi) is 7.32. The van der Waals surface area contributed by atoms with Crippen LogP contribution < -0.4 is 10.1 Å². The zero-order valence-electron chi connectivity index (χ0n) is 11.5. The standard InChI is InChI=1S/C14H23BrN2O/c1-17(2)9-5-4-8-16-11-12-10-13(18-3)6-7-14(12)15/h6-7,10,16H,4-5,8-9,11H2,1-3H3. The van der Waals surface area contributed by atoms with Crippen LogP contribution in [0.1, 0.15) is 18.4 Å². The lowest BCUT2D eigenvalue weighted by Crippen LogP contribution is -2.18. The number of hydrogen-bond donors (Lipinski definition) is 1. The molecule has 4 heteroatoms. The highest BCUT2D eigenvalue weighted by Crippen LogP contribution is 2.22. The molecule has 0 radical (unpaired) electrons. The van der Waals surface area contributed by atoms with Crippen LogP contribution in [0.3, 0.4) is 0 Å². The van der Waals surface area contributed by atoms with E-state index in [0.29, 0.717) is 0 Å². The minimum absolute atomic E-state index is 0.875. The van der Waals surface area contributed by atoms with Crippen LogP contribution in [0.25, 0.3) is 0 Å². The highest BCUT2D eigenvalue weighted by molar-refractivity contribution is 9.10. The van der Waals surface area contributed by atoms with Gasteiger partial charge >= 0.3 is 0 Å². The molecule has 0 heterocycles. The molecule has 0 saturated carbocycles. The van der Waals surface area contributed by atoms with Crippen molar-refractivity contribution in [2.45, 2.75) is 19.4 Å². The first-order valence-corrected chi connectivity index (χ1v) is 7.10. The van der Waals surface area contributed by atoms with E-state index in [9.17, 15) is 0 Å². The van der Waals surface area contributed by atoms with Gasteiger partial charge in [0.05, 0.1) is 7.11 Å². The van der Waals surface area contributed by atoms with Gasteiger partial charge in [0.15, 0.2) is 0 Å². The first-order chi connectivity index (χ1) is 8.63. The van der Waals surface area contributed by atoms with Crippen molar-refractivity contribution in [1.82, 2.24) is 10.2 Å². The first kappa shape index (κ1) is 15.5. The average molecular weight is 315 g/mol. The van der Waals surface area contributed by atoms with Crippen molar-refractivity contribution >= 4 is 15.9 Å². The number of benzene rings is 1. The second-order valence-electron chi connectivity index (χ2n) is 4.64. The lowest BCUT2D eigenvalue weighted by molar-refractivity contribution is 0.391. The number of nitrogens with one attached hydrogen (secondary N) is 1. The summed E-state index contributed by atoms with van der Waals surface area (Å²) in [5, 5.41) is 3.46. The van der Waals surface area contributed by atoms with Crippen LogP contribution >= 0.6 is 15.9 Å². The minimum atomic E-state index is 0.875. The summed E-state index contributed by atoms with van der Waals surface area (Å²) < 4.78 is 6.36. The van der Waals surface area contributed by atoms with Crippen LogP contribution in [0.4, 0.5) is 0 Å². The summed E-state index contributed by atoms with van der Waals surface area (Å²) in [6.07, 6.45) is 2.44. The van der Waals surface area contributed by atoms with E-state index in [1.807, 2.05) is 12.1 Å². The summed E-state index contributed by atoms with van der Waals surface area (Å²) >= 11 is 3.56. The maximum absolute atomic E-state index is 5.23. The van der Waals surface area contributed by atoms with Crippen molar-refractivity contribution in [3.63, 3.8) is 0 Å². The molecule has 1 N–H and O–H groups in total. The Balaban J connectivity index is 2.26. The zero-order chi connectivity index (χ0) is 13.4. The van der Waals surface area contributed by atoms with Gasteiger partial charge in [0.2, 0.25) is 0 Å². The lowest BCUT2D eigenvalue weighted by atomic mass is 10.2. The molecule has 1 aromatic rings. The van der Waals surface area contributed by atoms with E-state index < -0.39 is 0 Å². The second kappa shape index (κ2) is 8.51. The summed E-state index contributed by atoms with van der Waals surface area (Å²) in [7, 11) is 5.92. The minimum Gasteiger partial charge on any atom is -0.497 e. The van der Waals surface area contributed by atoms with E-state index in [2.05, 4.69) is 46.3 Å². The molecule has 0 fully saturated rings. The molecule has 0 aliphatic heterocycles. The van der Waals surface area contributed by atoms with E-state index in [1.54, 1.807) is 7.11 Å². The van der Waals surface area contributed by atoms with E-state index in [-0.39, 0.29) is 0 Å². The van der Waals surface area contributed by atoms with Crippen molar-refractivity contribution in [3.05, 3.63) is 28.2 Å². The summed E-state index contributed by atoms with van der Waals surface area (Å²) in [6.45, 7) is 3.09. The predicted octanol–water partition coefficient (Wildman–Crippen LogP) is 2.89. The van der Waals surface area contributed by atoms with Gasteiger partial charge in [0.1, 0.15) is 5.75 Å². The van der Waals surface area contributed by atoms with Crippen LogP contribution in [0, 0.1) is 0 Å². The third-order valence-electron chi connectivity index (χ3n) is 2.78. The zero-order valence-corrected chi connectivity index (χ0v) is 13.1. The van der Waals surface area contributed by atoms with E-state index in [1.165, 1.54) is 18.4 Å². The van der Waals surface area contributed by atoms with Crippen LogP contribution in [0.5, 0.6) is 5.75 Å². The number of rotatable bonds is 8. The highest BCUT2D eigenvalue weighted by atomic mass is 79.9. The molecule has 18 heavy (non-hydrogen) atoms. The molecular formula is C14H23BrN2O. The van der Waals surface area contributed by atoms with E-state index >= 15 is 0 Å². The predicted molar refractivity (Wildman–Crippen MR) is 80.2 cm³/mol. The Labute approximate surface area is 119 Å². The summed E-state index contributed by atoms with van der Waals surface area (Å²) in [4.78, 5) is 2.22. The Morgan fingerprint density at radius 2 is 2.06 bits per heavy atom. The van der Waals surface area contributed by atoms with Crippen LogP contribution in [-0.4, -0.2) is 39.2 Å². The fourth-order valence-electron chi connectivity index (χ4n) is 1.71. The van der Waals surface area contributed by atoms with Crippen molar-refractivity contribution in [2.75, 3.05) is 34.3 Å². The Morgan fingerprint density at radius 3 is 2.72 bits per heavy atom. The molecule has 0 atom stereocenters. The summed E-state index contributed by atoms with van der Waals surface area (Å²) in [5.41, 5.74) is 1.24. The second-order valence-corrected chi connectivity index (χ2v) is 5.50. The van der Waals surface area contributed by atoms with Crippen LogP contribution in [0.2, 0.25) is 0 Å². The average Bonchev–Trinajstić information content (AvgIpc) is 2.35. The number of hydrogen-bond acceptors (Lipinski definition) is 3. The molecule has 102 valence electrons.